The van der Waals surface area contributed by atoms with Crippen LogP contribution < -0.4 is 0 Å². The Hall–Kier alpha value is -1.61. The Bertz CT molecular complexity index is 513. The molecule has 1 saturated heterocycles. The number of hydrogen-bond donors (Lipinski definition) is 0. The van der Waals surface area contributed by atoms with Gasteiger partial charge in [-0.05, 0) is 24.0 Å². The number of rotatable bonds is 2. The molecule has 3 nitrogen and oxygen atoms in total. The fourth-order valence-corrected chi connectivity index (χ4v) is 3.24. The number of fused-ring (bicyclic) bond motifs is 2. The number of piperidine rings is 1. The van der Waals surface area contributed by atoms with Gasteiger partial charge in [-0.3, -0.25) is 4.79 Å². The molecule has 1 fully saturated rings. The number of allylic oxidation sites excluding steroid dienone is 1. The molecule has 1 aliphatic heterocycles. The molecular weight excluding hydrogens is 238 g/mol. The fraction of sp³-hybridized carbons (Fsp3) is 0.438. The summed E-state index contributed by atoms with van der Waals surface area (Å²) in [5.41, 5.74) is 2.91. The second-order valence-electron chi connectivity index (χ2n) is 5.39. The van der Waals surface area contributed by atoms with Crippen molar-refractivity contribution in [3.05, 3.63) is 41.5 Å². The van der Waals surface area contributed by atoms with Crippen LogP contribution in [0.1, 0.15) is 24.0 Å². The zero-order valence-electron chi connectivity index (χ0n) is 11.3. The minimum Gasteiger partial charge on any atom is -0.375 e. The van der Waals surface area contributed by atoms with Gasteiger partial charge < -0.3 is 9.64 Å². The van der Waals surface area contributed by atoms with Gasteiger partial charge in [0.15, 0.2) is 0 Å². The summed E-state index contributed by atoms with van der Waals surface area (Å²) in [5, 5.41) is 0. The predicted octanol–water partition coefficient (Wildman–Crippen LogP) is 2.22. The second kappa shape index (κ2) is 4.82. The summed E-state index contributed by atoms with van der Waals surface area (Å²) in [6, 6.07) is 8.58. The SMILES string of the molecule is COCC(=O)N1CCC2(C=Cc3ccccc32)CC1. The topological polar surface area (TPSA) is 29.5 Å². The van der Waals surface area contributed by atoms with Crippen molar-refractivity contribution in [2.45, 2.75) is 18.3 Å². The van der Waals surface area contributed by atoms with Crippen LogP contribution in [0.2, 0.25) is 0 Å². The molecule has 19 heavy (non-hydrogen) atoms. The first-order valence-electron chi connectivity index (χ1n) is 6.81. The van der Waals surface area contributed by atoms with E-state index in [1.165, 1.54) is 11.1 Å². The summed E-state index contributed by atoms with van der Waals surface area (Å²) in [6.45, 7) is 1.83. The van der Waals surface area contributed by atoms with Gasteiger partial charge >= 0.3 is 0 Å². The van der Waals surface area contributed by atoms with Crippen LogP contribution in [0, 0.1) is 0 Å². The minimum absolute atomic E-state index is 0.104. The average molecular weight is 257 g/mol. The standard InChI is InChI=1S/C16H19NO2/c1-19-12-15(18)17-10-8-16(9-11-17)7-6-13-4-2-3-5-14(13)16/h2-7H,8-12H2,1H3. The number of amides is 1. The molecule has 1 amide bonds. The molecule has 3 rings (SSSR count). The third-order valence-electron chi connectivity index (χ3n) is 4.36. The predicted molar refractivity (Wildman–Crippen MR) is 74.8 cm³/mol. The van der Waals surface area contributed by atoms with Crippen LogP contribution in [0.4, 0.5) is 0 Å². The van der Waals surface area contributed by atoms with Crippen molar-refractivity contribution in [2.75, 3.05) is 26.8 Å². The summed E-state index contributed by atoms with van der Waals surface area (Å²) in [4.78, 5) is 13.8. The summed E-state index contributed by atoms with van der Waals surface area (Å²) in [6.07, 6.45) is 6.57. The molecule has 1 aromatic carbocycles. The first-order valence-corrected chi connectivity index (χ1v) is 6.81. The van der Waals surface area contributed by atoms with Gasteiger partial charge in [-0.15, -0.1) is 0 Å². The number of carbonyl (C=O) groups is 1. The molecule has 0 saturated carbocycles. The van der Waals surface area contributed by atoms with Gasteiger partial charge in [0.25, 0.3) is 0 Å². The largest absolute Gasteiger partial charge is 0.375 e. The Balaban J connectivity index is 1.74. The molecule has 1 heterocycles. The number of likely N-dealkylation sites (tertiary alicyclic amines) is 1. The number of benzene rings is 1. The molecule has 2 aliphatic rings. The molecule has 0 bridgehead atoms. The quantitative estimate of drug-likeness (QED) is 0.813. The Morgan fingerprint density at radius 2 is 2.05 bits per heavy atom. The monoisotopic (exact) mass is 257 g/mol. The maximum atomic E-state index is 11.8. The number of hydrogen-bond acceptors (Lipinski definition) is 2. The highest BCUT2D eigenvalue weighted by molar-refractivity contribution is 5.77. The average Bonchev–Trinajstić information content (AvgIpc) is 2.80. The van der Waals surface area contributed by atoms with E-state index in [4.69, 9.17) is 4.74 Å². The maximum Gasteiger partial charge on any atom is 0.248 e. The summed E-state index contributed by atoms with van der Waals surface area (Å²) in [7, 11) is 1.57. The molecule has 3 heteroatoms. The van der Waals surface area contributed by atoms with Crippen LogP contribution in [-0.4, -0.2) is 37.6 Å². The van der Waals surface area contributed by atoms with E-state index in [-0.39, 0.29) is 17.9 Å². The fourth-order valence-electron chi connectivity index (χ4n) is 3.24. The smallest absolute Gasteiger partial charge is 0.248 e. The Labute approximate surface area is 113 Å². The van der Waals surface area contributed by atoms with E-state index >= 15 is 0 Å². The van der Waals surface area contributed by atoms with E-state index in [2.05, 4.69) is 36.4 Å². The second-order valence-corrected chi connectivity index (χ2v) is 5.39. The highest BCUT2D eigenvalue weighted by Gasteiger charge is 2.38. The van der Waals surface area contributed by atoms with Gasteiger partial charge in [0, 0.05) is 25.6 Å². The lowest BCUT2D eigenvalue weighted by molar-refractivity contribution is -0.136. The van der Waals surface area contributed by atoms with Crippen molar-refractivity contribution < 1.29 is 9.53 Å². The van der Waals surface area contributed by atoms with Crippen LogP contribution in [0.5, 0.6) is 0 Å². The van der Waals surface area contributed by atoms with E-state index in [9.17, 15) is 4.79 Å². The van der Waals surface area contributed by atoms with Crippen molar-refractivity contribution in [1.82, 2.24) is 4.90 Å². The van der Waals surface area contributed by atoms with E-state index in [0.29, 0.717) is 0 Å². The molecule has 1 aromatic rings. The minimum atomic E-state index is 0.104. The van der Waals surface area contributed by atoms with Crippen LogP contribution in [-0.2, 0) is 14.9 Å². The first-order chi connectivity index (χ1) is 9.25. The van der Waals surface area contributed by atoms with Crippen molar-refractivity contribution in [3.8, 4) is 0 Å². The third kappa shape index (κ3) is 2.08. The van der Waals surface area contributed by atoms with Crippen molar-refractivity contribution in [2.24, 2.45) is 0 Å². The first kappa shape index (κ1) is 12.4. The molecule has 1 aliphatic carbocycles. The highest BCUT2D eigenvalue weighted by Crippen LogP contribution is 2.43. The van der Waals surface area contributed by atoms with Crippen LogP contribution in [0.3, 0.4) is 0 Å². The molecule has 100 valence electrons. The molecule has 1 spiro atoms. The van der Waals surface area contributed by atoms with E-state index in [1.807, 2.05) is 4.90 Å². The zero-order chi connectivity index (χ0) is 13.3. The van der Waals surface area contributed by atoms with E-state index in [1.54, 1.807) is 7.11 Å². The number of methoxy groups -OCH3 is 1. The Kier molecular flexibility index (Phi) is 3.15. The van der Waals surface area contributed by atoms with Crippen molar-refractivity contribution >= 4 is 12.0 Å². The molecular formula is C16H19NO2. The van der Waals surface area contributed by atoms with Gasteiger partial charge in [-0.25, -0.2) is 0 Å². The third-order valence-corrected chi connectivity index (χ3v) is 4.36. The normalized spacial score (nSPS) is 19.7. The summed E-state index contributed by atoms with van der Waals surface area (Å²) >= 11 is 0. The maximum absolute atomic E-state index is 11.8. The lowest BCUT2D eigenvalue weighted by atomic mass is 9.74. The number of ether oxygens (including phenoxy) is 1. The van der Waals surface area contributed by atoms with Gasteiger partial charge in [0.1, 0.15) is 6.61 Å². The van der Waals surface area contributed by atoms with Gasteiger partial charge in [-0.1, -0.05) is 36.4 Å². The number of carbonyl (C=O) groups excluding carboxylic acids is 1. The van der Waals surface area contributed by atoms with E-state index < -0.39 is 0 Å². The molecule has 0 radical (unpaired) electrons. The van der Waals surface area contributed by atoms with Crippen molar-refractivity contribution in [1.29, 1.82) is 0 Å². The zero-order valence-corrected chi connectivity index (χ0v) is 11.3. The summed E-state index contributed by atoms with van der Waals surface area (Å²) < 4.78 is 4.92. The molecule has 0 N–H and O–H groups in total. The Morgan fingerprint density at radius 1 is 1.32 bits per heavy atom. The van der Waals surface area contributed by atoms with Gasteiger partial charge in [0.2, 0.25) is 5.91 Å². The molecule has 0 unspecified atom stereocenters. The Morgan fingerprint density at radius 3 is 2.79 bits per heavy atom. The van der Waals surface area contributed by atoms with Crippen LogP contribution in [0.25, 0.3) is 6.08 Å². The lowest BCUT2D eigenvalue weighted by Gasteiger charge is -2.39. The highest BCUT2D eigenvalue weighted by atomic mass is 16.5. The molecule has 0 aromatic heterocycles. The van der Waals surface area contributed by atoms with Crippen LogP contribution >= 0.6 is 0 Å². The number of nitrogens with zero attached hydrogens (tertiary/aromatic N) is 1. The lowest BCUT2D eigenvalue weighted by Crippen LogP contribution is -2.45. The van der Waals surface area contributed by atoms with Gasteiger partial charge in [0.05, 0.1) is 0 Å². The molecule has 0 atom stereocenters. The van der Waals surface area contributed by atoms with Crippen LogP contribution in [0.15, 0.2) is 30.3 Å². The van der Waals surface area contributed by atoms with Gasteiger partial charge in [-0.2, -0.15) is 0 Å². The van der Waals surface area contributed by atoms with Crippen molar-refractivity contribution in [3.63, 3.8) is 0 Å². The summed E-state index contributed by atoms with van der Waals surface area (Å²) in [5.74, 6) is 0.104. The van der Waals surface area contributed by atoms with E-state index in [0.717, 1.165) is 25.9 Å².